The molecular formula is C25H27N2O9S3+. The molecule has 0 fully saturated rings. The molecule has 1 heterocycles. The van der Waals surface area contributed by atoms with Crippen LogP contribution in [-0.4, -0.2) is 67.2 Å². The van der Waals surface area contributed by atoms with Crippen molar-refractivity contribution in [3.63, 3.8) is 0 Å². The van der Waals surface area contributed by atoms with Crippen LogP contribution in [0.3, 0.4) is 0 Å². The summed E-state index contributed by atoms with van der Waals surface area (Å²) in [5.74, 6) is -1.32. The number of hydrogen-bond acceptors (Lipinski definition) is 7. The van der Waals surface area contributed by atoms with Crippen LogP contribution in [0.5, 0.6) is 0 Å². The summed E-state index contributed by atoms with van der Waals surface area (Å²) in [5.41, 5.74) is 0.499. The fraction of sp³-hybridized carbons (Fsp3) is 0.240. The summed E-state index contributed by atoms with van der Waals surface area (Å²) in [5, 5.41) is 3.95. The van der Waals surface area contributed by atoms with Crippen molar-refractivity contribution in [3.05, 3.63) is 78.5 Å². The lowest BCUT2D eigenvalue weighted by atomic mass is 9.79. The van der Waals surface area contributed by atoms with Crippen molar-refractivity contribution in [1.29, 1.82) is 0 Å². The van der Waals surface area contributed by atoms with Gasteiger partial charge in [-0.25, -0.2) is 0 Å². The minimum Gasteiger partial charge on any atom is -0.361 e. The largest absolute Gasteiger partial charge is 0.361 e. The number of para-hydroxylation sites is 1. The van der Waals surface area contributed by atoms with Crippen molar-refractivity contribution < 1.29 is 43.5 Å². The van der Waals surface area contributed by atoms with E-state index in [-0.39, 0.29) is 13.0 Å². The maximum absolute atomic E-state index is 12.3. The third-order valence-corrected chi connectivity index (χ3v) is 9.08. The van der Waals surface area contributed by atoms with Crippen LogP contribution in [0.1, 0.15) is 18.9 Å². The average molecular weight is 596 g/mol. The number of allylic oxidation sites excluding steroid dienone is 1. The van der Waals surface area contributed by atoms with Gasteiger partial charge in [0.15, 0.2) is 5.71 Å². The Labute approximate surface area is 226 Å². The second kappa shape index (κ2) is 10.4. The molecule has 208 valence electrons. The molecule has 0 aromatic heterocycles. The first-order chi connectivity index (χ1) is 18.1. The SMILES string of the molecule is CC1(CS(=O)(=O)O)C(/C=C/Nc2ccccc2)=[N+](CCCS(=O)(=O)O)c2ccc3ccc(S(=O)(=O)O)cc3c21. The third-order valence-electron chi connectivity index (χ3n) is 6.49. The molecule has 4 N–H and O–H groups in total. The number of fused-ring (bicyclic) bond motifs is 3. The average Bonchev–Trinajstić information content (AvgIpc) is 3.04. The topological polar surface area (TPSA) is 178 Å². The minimum atomic E-state index is -4.60. The van der Waals surface area contributed by atoms with E-state index in [4.69, 9.17) is 0 Å². The molecule has 1 atom stereocenters. The Morgan fingerprint density at radius 1 is 0.897 bits per heavy atom. The predicted octanol–water partition coefficient (Wildman–Crippen LogP) is 3.23. The summed E-state index contributed by atoms with van der Waals surface area (Å²) < 4.78 is 102. The van der Waals surface area contributed by atoms with Crippen molar-refractivity contribution in [3.8, 4) is 0 Å². The van der Waals surface area contributed by atoms with E-state index in [1.54, 1.807) is 35.9 Å². The maximum Gasteiger partial charge on any atom is 0.294 e. The van der Waals surface area contributed by atoms with Gasteiger partial charge in [-0.2, -0.15) is 29.8 Å². The number of nitrogens with zero attached hydrogens (tertiary/aromatic N) is 1. The van der Waals surface area contributed by atoms with E-state index in [9.17, 15) is 38.9 Å². The molecule has 14 heteroatoms. The number of benzene rings is 3. The molecular weight excluding hydrogens is 568 g/mol. The summed E-state index contributed by atoms with van der Waals surface area (Å²) in [4.78, 5) is -0.398. The third kappa shape index (κ3) is 6.54. The number of nitrogens with one attached hydrogen (secondary N) is 1. The fourth-order valence-electron chi connectivity index (χ4n) is 4.99. The molecule has 39 heavy (non-hydrogen) atoms. The lowest BCUT2D eigenvalue weighted by Crippen LogP contribution is -2.38. The summed E-state index contributed by atoms with van der Waals surface area (Å²) in [6.45, 7) is 1.62. The molecule has 0 saturated heterocycles. The highest BCUT2D eigenvalue weighted by atomic mass is 32.2. The van der Waals surface area contributed by atoms with E-state index in [0.29, 0.717) is 27.7 Å². The van der Waals surface area contributed by atoms with Crippen LogP contribution in [0.4, 0.5) is 11.4 Å². The Morgan fingerprint density at radius 3 is 2.18 bits per heavy atom. The molecule has 1 unspecified atom stereocenters. The quantitative estimate of drug-likeness (QED) is 0.201. The van der Waals surface area contributed by atoms with Crippen LogP contribution < -0.4 is 5.32 Å². The van der Waals surface area contributed by atoms with Crippen LogP contribution in [-0.2, 0) is 35.8 Å². The molecule has 0 radical (unpaired) electrons. The van der Waals surface area contributed by atoms with Gasteiger partial charge in [0.1, 0.15) is 12.0 Å². The van der Waals surface area contributed by atoms with Gasteiger partial charge < -0.3 is 5.32 Å². The van der Waals surface area contributed by atoms with Gasteiger partial charge >= 0.3 is 0 Å². The Bertz CT molecular complexity index is 1820. The molecule has 11 nitrogen and oxygen atoms in total. The second-order valence-corrected chi connectivity index (χ2v) is 13.8. The first-order valence-corrected chi connectivity index (χ1v) is 16.3. The van der Waals surface area contributed by atoms with Gasteiger partial charge in [-0.1, -0.05) is 24.3 Å². The highest BCUT2D eigenvalue weighted by Crippen LogP contribution is 2.45. The summed E-state index contributed by atoms with van der Waals surface area (Å²) in [6, 6.07) is 16.4. The molecule has 0 saturated carbocycles. The van der Waals surface area contributed by atoms with Gasteiger partial charge in [0, 0.05) is 36.0 Å². The van der Waals surface area contributed by atoms with E-state index in [2.05, 4.69) is 5.32 Å². The zero-order valence-electron chi connectivity index (χ0n) is 20.7. The Hall–Kier alpha value is -3.14. The minimum absolute atomic E-state index is 0.0211. The maximum atomic E-state index is 12.3. The van der Waals surface area contributed by atoms with Crippen molar-refractivity contribution in [2.45, 2.75) is 23.7 Å². The monoisotopic (exact) mass is 595 g/mol. The molecule has 0 spiro atoms. The van der Waals surface area contributed by atoms with Crippen molar-refractivity contribution in [2.75, 3.05) is 23.4 Å². The van der Waals surface area contributed by atoms with E-state index < -0.39 is 52.2 Å². The van der Waals surface area contributed by atoms with Crippen molar-refractivity contribution in [2.24, 2.45) is 0 Å². The molecule has 1 aliphatic rings. The van der Waals surface area contributed by atoms with Crippen LogP contribution in [0.25, 0.3) is 10.8 Å². The zero-order chi connectivity index (χ0) is 28.6. The zero-order valence-corrected chi connectivity index (χ0v) is 23.2. The Morgan fingerprint density at radius 2 is 1.56 bits per heavy atom. The lowest BCUT2D eigenvalue weighted by Gasteiger charge is -2.22. The second-order valence-electron chi connectivity index (χ2n) is 9.40. The van der Waals surface area contributed by atoms with Crippen LogP contribution in [0.15, 0.2) is 77.8 Å². The molecule has 0 aliphatic carbocycles. The summed E-state index contributed by atoms with van der Waals surface area (Å²) in [7, 11) is -13.5. The summed E-state index contributed by atoms with van der Waals surface area (Å²) in [6.07, 6.45) is 3.15. The van der Waals surface area contributed by atoms with Crippen molar-refractivity contribution in [1.82, 2.24) is 0 Å². The standard InChI is InChI=1S/C25H26N2O9S3/c1-25(17-38(31,32)33)23(12-13-26-19-6-3-2-4-7-19)27(14-5-15-37(28,29)30)22-11-9-18-8-10-20(39(34,35)36)16-21(18)24(22)25/h2-4,6-13,16H,5,14-15,17H2,1H3,(H3,28,29,30,31,32,33,34,35,36)/p+1. The first-order valence-electron chi connectivity index (χ1n) is 11.7. The Kier molecular flexibility index (Phi) is 7.73. The molecule has 3 aromatic carbocycles. The molecule has 0 amide bonds. The highest BCUT2D eigenvalue weighted by molar-refractivity contribution is 7.86. The molecule has 1 aliphatic heterocycles. The van der Waals surface area contributed by atoms with E-state index in [1.807, 2.05) is 30.3 Å². The Balaban J connectivity index is 1.96. The first kappa shape index (κ1) is 28.9. The van der Waals surface area contributed by atoms with Crippen LogP contribution in [0, 0.1) is 0 Å². The number of hydrogen-bond donors (Lipinski definition) is 4. The van der Waals surface area contributed by atoms with E-state index >= 15 is 0 Å². The summed E-state index contributed by atoms with van der Waals surface area (Å²) >= 11 is 0. The molecule has 3 aromatic rings. The number of anilines is 1. The van der Waals surface area contributed by atoms with Crippen LogP contribution >= 0.6 is 0 Å². The van der Waals surface area contributed by atoms with Gasteiger partial charge in [0.25, 0.3) is 30.4 Å². The molecule has 0 bridgehead atoms. The van der Waals surface area contributed by atoms with Gasteiger partial charge in [0.2, 0.25) is 5.69 Å². The van der Waals surface area contributed by atoms with Crippen molar-refractivity contribution >= 4 is 58.2 Å². The van der Waals surface area contributed by atoms with Gasteiger partial charge in [0.05, 0.1) is 16.4 Å². The highest BCUT2D eigenvalue weighted by Gasteiger charge is 2.51. The number of rotatable bonds is 10. The smallest absolute Gasteiger partial charge is 0.294 e. The van der Waals surface area contributed by atoms with Gasteiger partial charge in [-0.15, -0.1) is 0 Å². The van der Waals surface area contributed by atoms with E-state index in [1.165, 1.54) is 18.2 Å². The normalized spacial score (nSPS) is 18.2. The van der Waals surface area contributed by atoms with Crippen LogP contribution in [0.2, 0.25) is 0 Å². The lowest BCUT2D eigenvalue weighted by molar-refractivity contribution is -0.437. The van der Waals surface area contributed by atoms with Gasteiger partial charge in [-0.05, 0) is 48.0 Å². The predicted molar refractivity (Wildman–Crippen MR) is 148 cm³/mol. The van der Waals surface area contributed by atoms with Gasteiger partial charge in [-0.3, -0.25) is 13.7 Å². The fourth-order valence-corrected chi connectivity index (χ4v) is 7.01. The van der Waals surface area contributed by atoms with E-state index in [0.717, 1.165) is 5.69 Å². The molecule has 4 rings (SSSR count).